The van der Waals surface area contributed by atoms with Crippen molar-refractivity contribution in [3.63, 3.8) is 0 Å². The molecule has 10 heavy (non-hydrogen) atoms. The van der Waals surface area contributed by atoms with Gasteiger partial charge in [0.15, 0.2) is 0 Å². The fourth-order valence-electron chi connectivity index (χ4n) is 0.770. The summed E-state index contributed by atoms with van der Waals surface area (Å²) in [6.45, 7) is 1.63. The lowest BCUT2D eigenvalue weighted by molar-refractivity contribution is 0.150. The normalized spacial score (nSPS) is 10.4. The van der Waals surface area contributed by atoms with Crippen molar-refractivity contribution in [1.29, 1.82) is 0 Å². The lowest BCUT2D eigenvalue weighted by Crippen LogP contribution is -1.87. The first-order valence-corrected chi connectivity index (χ1v) is 2.97. The van der Waals surface area contributed by atoms with Gasteiger partial charge in [0.1, 0.15) is 0 Å². The largest absolute Gasteiger partial charge is 0.264 e. The predicted molar refractivity (Wildman–Crippen MR) is 35.0 cm³/mol. The standard InChI is InChI=1S/C8H7F2/c1-6-4-2-3-5-7(6)8(9)10/h2-3,5,8H,1H3. The number of hydrogen-bond acceptors (Lipinski definition) is 0. The first-order valence-electron chi connectivity index (χ1n) is 2.97. The van der Waals surface area contributed by atoms with E-state index >= 15 is 0 Å². The molecule has 0 atom stereocenters. The molecule has 0 aliphatic heterocycles. The molecule has 0 nitrogen and oxygen atoms in total. The van der Waals surface area contributed by atoms with Gasteiger partial charge in [0, 0.05) is 5.56 Å². The summed E-state index contributed by atoms with van der Waals surface area (Å²) in [5.41, 5.74) is 0.597. The number of aryl methyl sites for hydroxylation is 1. The van der Waals surface area contributed by atoms with E-state index < -0.39 is 6.43 Å². The van der Waals surface area contributed by atoms with Crippen molar-refractivity contribution in [2.24, 2.45) is 0 Å². The molecule has 0 aliphatic carbocycles. The SMILES string of the molecule is Cc1[c]cccc1C(F)F. The third kappa shape index (κ3) is 1.32. The summed E-state index contributed by atoms with van der Waals surface area (Å²) in [5.74, 6) is 0. The Labute approximate surface area is 58.5 Å². The van der Waals surface area contributed by atoms with E-state index in [1.165, 1.54) is 6.07 Å². The number of alkyl halides is 2. The van der Waals surface area contributed by atoms with Gasteiger partial charge in [0.2, 0.25) is 0 Å². The van der Waals surface area contributed by atoms with Gasteiger partial charge < -0.3 is 0 Å². The van der Waals surface area contributed by atoms with E-state index in [1.807, 2.05) is 0 Å². The Hall–Kier alpha value is -0.920. The van der Waals surface area contributed by atoms with E-state index in [1.54, 1.807) is 19.1 Å². The van der Waals surface area contributed by atoms with Crippen LogP contribution in [-0.4, -0.2) is 0 Å². The van der Waals surface area contributed by atoms with Crippen molar-refractivity contribution in [3.8, 4) is 0 Å². The summed E-state index contributed by atoms with van der Waals surface area (Å²) in [4.78, 5) is 0. The number of benzene rings is 1. The first-order chi connectivity index (χ1) is 4.72. The van der Waals surface area contributed by atoms with Gasteiger partial charge in [0.25, 0.3) is 6.43 Å². The van der Waals surface area contributed by atoms with Crippen molar-refractivity contribution in [2.45, 2.75) is 13.3 Å². The van der Waals surface area contributed by atoms with Gasteiger partial charge in [-0.3, -0.25) is 0 Å². The highest BCUT2D eigenvalue weighted by Gasteiger charge is 2.07. The molecule has 0 unspecified atom stereocenters. The highest BCUT2D eigenvalue weighted by atomic mass is 19.3. The van der Waals surface area contributed by atoms with Crippen LogP contribution in [0.2, 0.25) is 0 Å². The van der Waals surface area contributed by atoms with Crippen molar-refractivity contribution < 1.29 is 8.78 Å². The predicted octanol–water partition coefficient (Wildman–Crippen LogP) is 2.73. The molecular weight excluding hydrogens is 134 g/mol. The molecule has 1 radical (unpaired) electrons. The summed E-state index contributed by atoms with van der Waals surface area (Å²) in [6.07, 6.45) is -2.38. The average Bonchev–Trinajstić information content (AvgIpc) is 1.88. The summed E-state index contributed by atoms with van der Waals surface area (Å²) in [5, 5.41) is 0. The van der Waals surface area contributed by atoms with Gasteiger partial charge in [-0.1, -0.05) is 18.2 Å². The maximum absolute atomic E-state index is 12.0. The Morgan fingerprint density at radius 3 is 2.60 bits per heavy atom. The first kappa shape index (κ1) is 7.19. The number of halogens is 2. The molecular formula is C8H7F2. The summed E-state index contributed by atoms with van der Waals surface area (Å²) in [6, 6.07) is 7.30. The number of rotatable bonds is 1. The molecule has 1 aromatic carbocycles. The number of hydrogen-bond donors (Lipinski definition) is 0. The minimum Gasteiger partial charge on any atom is -0.205 e. The Kier molecular flexibility index (Phi) is 2.00. The summed E-state index contributed by atoms with van der Waals surface area (Å²) in [7, 11) is 0. The monoisotopic (exact) mass is 141 g/mol. The average molecular weight is 141 g/mol. The molecule has 0 spiro atoms. The molecule has 2 heteroatoms. The summed E-state index contributed by atoms with van der Waals surface area (Å²) >= 11 is 0. The minimum atomic E-state index is -2.38. The molecule has 0 aromatic heterocycles. The molecule has 0 N–H and O–H groups in total. The van der Waals surface area contributed by atoms with Gasteiger partial charge >= 0.3 is 0 Å². The highest BCUT2D eigenvalue weighted by Crippen LogP contribution is 2.20. The third-order valence-electron chi connectivity index (χ3n) is 1.34. The topological polar surface area (TPSA) is 0 Å². The second kappa shape index (κ2) is 2.78. The van der Waals surface area contributed by atoms with E-state index in [9.17, 15) is 8.78 Å². The second-order valence-electron chi connectivity index (χ2n) is 2.05. The van der Waals surface area contributed by atoms with Crippen LogP contribution in [0.15, 0.2) is 18.2 Å². The van der Waals surface area contributed by atoms with Crippen LogP contribution in [0.5, 0.6) is 0 Å². The van der Waals surface area contributed by atoms with Crippen LogP contribution >= 0.6 is 0 Å². The van der Waals surface area contributed by atoms with Crippen molar-refractivity contribution in [1.82, 2.24) is 0 Å². The molecule has 0 saturated carbocycles. The third-order valence-corrected chi connectivity index (χ3v) is 1.34. The summed E-state index contributed by atoms with van der Waals surface area (Å²) < 4.78 is 24.0. The maximum atomic E-state index is 12.0. The van der Waals surface area contributed by atoms with E-state index in [4.69, 9.17) is 0 Å². The van der Waals surface area contributed by atoms with E-state index in [0.717, 1.165) is 0 Å². The second-order valence-corrected chi connectivity index (χ2v) is 2.05. The van der Waals surface area contributed by atoms with E-state index in [0.29, 0.717) is 5.56 Å². The molecule has 53 valence electrons. The highest BCUT2D eigenvalue weighted by molar-refractivity contribution is 5.25. The lowest BCUT2D eigenvalue weighted by Gasteiger charge is -2.00. The molecule has 0 heterocycles. The van der Waals surface area contributed by atoms with Crippen LogP contribution in [0.1, 0.15) is 17.6 Å². The van der Waals surface area contributed by atoms with Gasteiger partial charge in [-0.25, -0.2) is 8.78 Å². The zero-order valence-corrected chi connectivity index (χ0v) is 5.57. The molecule has 0 saturated heterocycles. The van der Waals surface area contributed by atoms with Crippen molar-refractivity contribution >= 4 is 0 Å². The maximum Gasteiger partial charge on any atom is 0.264 e. The Morgan fingerprint density at radius 1 is 1.50 bits per heavy atom. The Morgan fingerprint density at radius 2 is 2.20 bits per heavy atom. The van der Waals surface area contributed by atoms with Crippen LogP contribution in [0, 0.1) is 13.0 Å². The van der Waals surface area contributed by atoms with E-state index in [-0.39, 0.29) is 5.56 Å². The molecule has 1 aromatic rings. The van der Waals surface area contributed by atoms with Crippen LogP contribution in [0.3, 0.4) is 0 Å². The fourth-order valence-corrected chi connectivity index (χ4v) is 0.770. The van der Waals surface area contributed by atoms with Gasteiger partial charge in [-0.2, -0.15) is 0 Å². The van der Waals surface area contributed by atoms with Crippen molar-refractivity contribution in [2.75, 3.05) is 0 Å². The molecule has 0 amide bonds. The fraction of sp³-hybridized carbons (Fsp3) is 0.250. The Balaban J connectivity index is 3.03. The van der Waals surface area contributed by atoms with Gasteiger partial charge in [0.05, 0.1) is 0 Å². The van der Waals surface area contributed by atoms with Crippen LogP contribution in [0.25, 0.3) is 0 Å². The lowest BCUT2D eigenvalue weighted by atomic mass is 10.1. The zero-order chi connectivity index (χ0) is 7.56. The molecule has 1 rings (SSSR count). The minimum absolute atomic E-state index is 0.0718. The van der Waals surface area contributed by atoms with Gasteiger partial charge in [-0.15, -0.1) is 0 Å². The van der Waals surface area contributed by atoms with Crippen LogP contribution in [0.4, 0.5) is 8.78 Å². The molecule has 0 fully saturated rings. The van der Waals surface area contributed by atoms with E-state index in [2.05, 4.69) is 6.07 Å². The molecule has 0 aliphatic rings. The van der Waals surface area contributed by atoms with Crippen molar-refractivity contribution in [3.05, 3.63) is 35.4 Å². The van der Waals surface area contributed by atoms with Crippen LogP contribution in [-0.2, 0) is 0 Å². The van der Waals surface area contributed by atoms with Crippen LogP contribution < -0.4 is 0 Å². The van der Waals surface area contributed by atoms with Gasteiger partial charge in [-0.05, 0) is 18.6 Å². The smallest absolute Gasteiger partial charge is 0.205 e. The zero-order valence-electron chi connectivity index (χ0n) is 5.57. The Bertz CT molecular complexity index is 218. The quantitative estimate of drug-likeness (QED) is 0.564. The molecule has 0 bridgehead atoms.